The number of aromatic amines is 1. The predicted molar refractivity (Wildman–Crippen MR) is 69.2 cm³/mol. The maximum Gasteiger partial charge on any atom is 0.323 e. The molecular formula is C12H17N3O4. The van der Waals surface area contributed by atoms with Gasteiger partial charge in [0.25, 0.3) is 5.91 Å². The third-order valence-electron chi connectivity index (χ3n) is 2.45. The van der Waals surface area contributed by atoms with E-state index in [-0.39, 0.29) is 18.7 Å². The topological polar surface area (TPSA) is 93.7 Å². The minimum absolute atomic E-state index is 0.184. The Balaban J connectivity index is 2.86. The number of aliphatic carboxylic acids is 1. The van der Waals surface area contributed by atoms with Crippen molar-refractivity contribution >= 4 is 11.9 Å². The molecule has 0 unspecified atom stereocenters. The molecule has 0 saturated carbocycles. The van der Waals surface area contributed by atoms with Gasteiger partial charge >= 0.3 is 5.97 Å². The van der Waals surface area contributed by atoms with E-state index in [4.69, 9.17) is 5.11 Å². The molecule has 0 spiro atoms. The first-order valence-corrected chi connectivity index (χ1v) is 5.74. The van der Waals surface area contributed by atoms with Gasteiger partial charge in [0.15, 0.2) is 0 Å². The molecule has 0 radical (unpaired) electrons. The SMILES string of the molecule is CN(C)CCN(CC(=O)O)C(=O)c1cc[nH]c(=O)c1. The highest BCUT2D eigenvalue weighted by Crippen LogP contribution is 2.02. The van der Waals surface area contributed by atoms with E-state index in [0.717, 1.165) is 6.07 Å². The zero-order valence-electron chi connectivity index (χ0n) is 10.9. The van der Waals surface area contributed by atoms with Crippen LogP contribution in [0.5, 0.6) is 0 Å². The molecule has 0 atom stereocenters. The number of nitrogens with zero attached hydrogens (tertiary/aromatic N) is 2. The van der Waals surface area contributed by atoms with Crippen LogP contribution in [-0.2, 0) is 4.79 Å². The number of likely N-dealkylation sites (N-methyl/N-ethyl adjacent to an activating group) is 1. The smallest absolute Gasteiger partial charge is 0.323 e. The molecule has 1 rings (SSSR count). The molecule has 0 aromatic carbocycles. The molecule has 2 N–H and O–H groups in total. The van der Waals surface area contributed by atoms with Crippen molar-refractivity contribution in [3.8, 4) is 0 Å². The standard InChI is InChI=1S/C12H17N3O4/c1-14(2)5-6-15(8-11(17)18)12(19)9-3-4-13-10(16)7-9/h3-4,7H,5-6,8H2,1-2H3,(H,13,16)(H,17,18). The van der Waals surface area contributed by atoms with Gasteiger partial charge in [-0.15, -0.1) is 0 Å². The average Bonchev–Trinajstić information content (AvgIpc) is 2.33. The van der Waals surface area contributed by atoms with E-state index in [2.05, 4.69) is 4.98 Å². The molecule has 1 aromatic heterocycles. The summed E-state index contributed by atoms with van der Waals surface area (Å²) in [4.78, 5) is 39.5. The van der Waals surface area contributed by atoms with Crippen LogP contribution in [0.4, 0.5) is 0 Å². The zero-order chi connectivity index (χ0) is 14.4. The van der Waals surface area contributed by atoms with Gasteiger partial charge in [-0.2, -0.15) is 0 Å². The fourth-order valence-electron chi connectivity index (χ4n) is 1.50. The molecule has 1 aromatic rings. The summed E-state index contributed by atoms with van der Waals surface area (Å²) in [6.45, 7) is 0.437. The number of aromatic nitrogens is 1. The Kier molecular flexibility index (Phi) is 5.25. The van der Waals surface area contributed by atoms with Crippen LogP contribution < -0.4 is 5.56 Å². The van der Waals surface area contributed by atoms with Gasteiger partial charge < -0.3 is 19.9 Å². The maximum atomic E-state index is 12.1. The predicted octanol–water partition coefficient (Wildman–Crippen LogP) is -0.537. The number of amides is 1. The normalized spacial score (nSPS) is 10.5. The van der Waals surface area contributed by atoms with Crippen molar-refractivity contribution in [2.24, 2.45) is 0 Å². The first-order valence-electron chi connectivity index (χ1n) is 5.74. The summed E-state index contributed by atoms with van der Waals surface area (Å²) < 4.78 is 0. The number of hydrogen-bond acceptors (Lipinski definition) is 4. The molecule has 0 fully saturated rings. The lowest BCUT2D eigenvalue weighted by Gasteiger charge is -2.22. The summed E-state index contributed by atoms with van der Waals surface area (Å²) in [6, 6.07) is 2.61. The van der Waals surface area contributed by atoms with E-state index in [1.807, 2.05) is 19.0 Å². The Labute approximate surface area is 110 Å². The van der Waals surface area contributed by atoms with Gasteiger partial charge in [0.2, 0.25) is 5.56 Å². The average molecular weight is 267 g/mol. The number of nitrogens with one attached hydrogen (secondary N) is 1. The van der Waals surface area contributed by atoms with Gasteiger partial charge in [-0.3, -0.25) is 14.4 Å². The molecule has 0 aliphatic heterocycles. The second kappa shape index (κ2) is 6.69. The lowest BCUT2D eigenvalue weighted by atomic mass is 10.2. The van der Waals surface area contributed by atoms with Crippen LogP contribution in [0.15, 0.2) is 23.1 Å². The number of pyridine rings is 1. The molecular weight excluding hydrogens is 250 g/mol. The molecule has 7 heteroatoms. The summed E-state index contributed by atoms with van der Waals surface area (Å²) in [5.41, 5.74) is -0.211. The van der Waals surface area contributed by atoms with Crippen molar-refractivity contribution in [1.82, 2.24) is 14.8 Å². The molecule has 1 heterocycles. The molecule has 19 heavy (non-hydrogen) atoms. The lowest BCUT2D eigenvalue weighted by molar-refractivity contribution is -0.137. The van der Waals surface area contributed by atoms with Crippen LogP contribution in [0.2, 0.25) is 0 Å². The van der Waals surface area contributed by atoms with E-state index in [1.165, 1.54) is 17.2 Å². The Morgan fingerprint density at radius 2 is 2.00 bits per heavy atom. The van der Waals surface area contributed by atoms with Gasteiger partial charge in [0.1, 0.15) is 6.54 Å². The van der Waals surface area contributed by atoms with Crippen molar-refractivity contribution in [1.29, 1.82) is 0 Å². The van der Waals surface area contributed by atoms with Crippen LogP contribution >= 0.6 is 0 Å². The second-order valence-corrected chi connectivity index (χ2v) is 4.37. The van der Waals surface area contributed by atoms with E-state index in [1.54, 1.807) is 0 Å². The molecule has 0 bridgehead atoms. The van der Waals surface area contributed by atoms with Crippen LogP contribution in [0.3, 0.4) is 0 Å². The van der Waals surface area contributed by atoms with E-state index in [0.29, 0.717) is 6.54 Å². The van der Waals surface area contributed by atoms with E-state index < -0.39 is 17.4 Å². The minimum Gasteiger partial charge on any atom is -0.480 e. The summed E-state index contributed by atoms with van der Waals surface area (Å²) in [7, 11) is 3.66. The highest BCUT2D eigenvalue weighted by Gasteiger charge is 2.18. The van der Waals surface area contributed by atoms with Crippen LogP contribution in [0.25, 0.3) is 0 Å². The molecule has 0 aliphatic carbocycles. The number of carbonyl (C=O) groups excluding carboxylic acids is 1. The molecule has 104 valence electrons. The Morgan fingerprint density at radius 3 is 2.53 bits per heavy atom. The van der Waals surface area contributed by atoms with Gasteiger partial charge in [-0.25, -0.2) is 0 Å². The number of hydrogen-bond donors (Lipinski definition) is 2. The van der Waals surface area contributed by atoms with Gasteiger partial charge in [0, 0.05) is 30.9 Å². The monoisotopic (exact) mass is 267 g/mol. The highest BCUT2D eigenvalue weighted by atomic mass is 16.4. The molecule has 0 aliphatic rings. The molecule has 1 amide bonds. The van der Waals surface area contributed by atoms with Crippen LogP contribution in [0.1, 0.15) is 10.4 Å². The molecule has 0 saturated heterocycles. The summed E-state index contributed by atoms with van der Waals surface area (Å²) >= 11 is 0. The second-order valence-electron chi connectivity index (χ2n) is 4.37. The Bertz CT molecular complexity index is 510. The van der Waals surface area contributed by atoms with Crippen molar-refractivity contribution in [3.05, 3.63) is 34.2 Å². The third-order valence-corrected chi connectivity index (χ3v) is 2.45. The number of carboxylic acids is 1. The number of carboxylic acid groups (broad SMARTS) is 1. The fraction of sp³-hybridized carbons (Fsp3) is 0.417. The van der Waals surface area contributed by atoms with Crippen molar-refractivity contribution in [3.63, 3.8) is 0 Å². The lowest BCUT2D eigenvalue weighted by Crippen LogP contribution is -2.40. The van der Waals surface area contributed by atoms with Crippen LogP contribution in [0, 0.1) is 0 Å². The van der Waals surface area contributed by atoms with Crippen molar-refractivity contribution < 1.29 is 14.7 Å². The first kappa shape index (κ1) is 14.9. The Hall–Kier alpha value is -2.15. The maximum absolute atomic E-state index is 12.1. The summed E-state index contributed by atoms with van der Waals surface area (Å²) in [5, 5.41) is 8.82. The zero-order valence-corrected chi connectivity index (χ0v) is 10.9. The van der Waals surface area contributed by atoms with Crippen molar-refractivity contribution in [2.45, 2.75) is 0 Å². The number of rotatable bonds is 6. The summed E-state index contributed by atoms with van der Waals surface area (Å²) in [6.07, 6.45) is 1.36. The third kappa shape index (κ3) is 4.92. The quantitative estimate of drug-likeness (QED) is 0.722. The highest BCUT2D eigenvalue weighted by molar-refractivity contribution is 5.95. The fourth-order valence-corrected chi connectivity index (χ4v) is 1.50. The number of carbonyl (C=O) groups is 2. The minimum atomic E-state index is -1.09. The van der Waals surface area contributed by atoms with E-state index >= 15 is 0 Å². The van der Waals surface area contributed by atoms with Gasteiger partial charge in [-0.1, -0.05) is 0 Å². The van der Waals surface area contributed by atoms with Gasteiger partial charge in [0.05, 0.1) is 0 Å². The Morgan fingerprint density at radius 1 is 1.32 bits per heavy atom. The van der Waals surface area contributed by atoms with Gasteiger partial charge in [-0.05, 0) is 20.2 Å². The van der Waals surface area contributed by atoms with Crippen LogP contribution in [-0.4, -0.2) is 65.5 Å². The number of H-pyrrole nitrogens is 1. The first-order chi connectivity index (χ1) is 8.90. The molecule has 7 nitrogen and oxygen atoms in total. The van der Waals surface area contributed by atoms with Crippen molar-refractivity contribution in [2.75, 3.05) is 33.7 Å². The van der Waals surface area contributed by atoms with E-state index in [9.17, 15) is 14.4 Å². The largest absolute Gasteiger partial charge is 0.480 e. The summed E-state index contributed by atoms with van der Waals surface area (Å²) in [5.74, 6) is -1.55.